The zero-order chi connectivity index (χ0) is 23.8. The molecule has 2 N–H and O–H groups in total. The molecule has 0 saturated heterocycles. The molecule has 0 radical (unpaired) electrons. The summed E-state index contributed by atoms with van der Waals surface area (Å²) in [5.74, 6) is -1.11. The zero-order valence-corrected chi connectivity index (χ0v) is 18.9. The number of carbonyl (C=O) groups is 3. The maximum Gasteiger partial charge on any atom is 0.343 e. The Labute approximate surface area is 197 Å². The van der Waals surface area contributed by atoms with Crippen LogP contribution in [0.5, 0.6) is 5.75 Å². The fourth-order valence-electron chi connectivity index (χ4n) is 5.22. The summed E-state index contributed by atoms with van der Waals surface area (Å²) in [6.45, 7) is -0.179. The highest BCUT2D eigenvalue weighted by atomic mass is 16.6. The minimum absolute atomic E-state index is 0.00580. The topological polar surface area (TPSA) is 98.9 Å². The summed E-state index contributed by atoms with van der Waals surface area (Å²) in [5, 5.41) is 1.93. The largest absolute Gasteiger partial charge is 0.481 e. The van der Waals surface area contributed by atoms with Crippen molar-refractivity contribution in [3.8, 4) is 5.75 Å². The van der Waals surface area contributed by atoms with Gasteiger partial charge in [-0.15, -0.1) is 0 Å². The van der Waals surface area contributed by atoms with Crippen LogP contribution in [-0.2, 0) is 25.5 Å². The van der Waals surface area contributed by atoms with Gasteiger partial charge in [-0.2, -0.15) is 0 Å². The summed E-state index contributed by atoms with van der Waals surface area (Å²) in [6.07, 6.45) is 2.68. The van der Waals surface area contributed by atoms with E-state index in [1.54, 1.807) is 4.90 Å². The van der Waals surface area contributed by atoms with Crippen molar-refractivity contribution in [3.05, 3.63) is 71.8 Å². The summed E-state index contributed by atoms with van der Waals surface area (Å²) in [5.41, 5.74) is 8.29. The number of anilines is 1. The lowest BCUT2D eigenvalue weighted by Crippen LogP contribution is -2.46. The minimum atomic E-state index is -0.940. The Hall–Kier alpha value is -3.87. The van der Waals surface area contributed by atoms with E-state index in [1.165, 1.54) is 7.11 Å². The van der Waals surface area contributed by atoms with E-state index in [1.807, 2.05) is 54.6 Å². The standard InChI is InChI=1S/C27H26N2O5/c1-33-23(30)15-34-22-11-5-7-16-6-4-8-18(24(16)22)14-20-19-9-2-3-10-21(19)29(27(32)26(28)31)25(20)17-12-13-17/h2-11,17,20,25H,12-15H2,1H3,(H2,28,31). The molecule has 0 bridgehead atoms. The van der Waals surface area contributed by atoms with Gasteiger partial charge >= 0.3 is 17.8 Å². The number of carbonyl (C=O) groups excluding carboxylic acids is 3. The van der Waals surface area contributed by atoms with Gasteiger partial charge < -0.3 is 15.2 Å². The maximum absolute atomic E-state index is 12.9. The molecule has 2 unspecified atom stereocenters. The number of amides is 2. The lowest BCUT2D eigenvalue weighted by atomic mass is 9.85. The molecular weight excluding hydrogens is 432 g/mol. The zero-order valence-electron chi connectivity index (χ0n) is 18.9. The van der Waals surface area contributed by atoms with Gasteiger partial charge in [0.2, 0.25) is 0 Å². The third-order valence-electron chi connectivity index (χ3n) is 6.81. The van der Waals surface area contributed by atoms with Gasteiger partial charge in [-0.3, -0.25) is 14.5 Å². The Kier molecular flexibility index (Phi) is 5.69. The summed E-state index contributed by atoms with van der Waals surface area (Å²) in [7, 11) is 1.33. The highest BCUT2D eigenvalue weighted by Gasteiger charge is 2.49. The van der Waals surface area contributed by atoms with Crippen LogP contribution in [0.15, 0.2) is 60.7 Å². The van der Waals surface area contributed by atoms with Crippen molar-refractivity contribution in [2.24, 2.45) is 11.7 Å². The average molecular weight is 459 g/mol. The van der Waals surface area contributed by atoms with Crippen LogP contribution < -0.4 is 15.4 Å². The van der Waals surface area contributed by atoms with Crippen LogP contribution >= 0.6 is 0 Å². The molecule has 7 heteroatoms. The van der Waals surface area contributed by atoms with Crippen molar-refractivity contribution in [1.29, 1.82) is 0 Å². The van der Waals surface area contributed by atoms with Gasteiger partial charge in [0.25, 0.3) is 0 Å². The molecule has 0 aromatic heterocycles. The monoisotopic (exact) mass is 458 g/mol. The molecule has 3 aromatic rings. The Bertz CT molecular complexity index is 1280. The number of nitrogens with zero attached hydrogens (tertiary/aromatic N) is 1. The van der Waals surface area contributed by atoms with E-state index >= 15 is 0 Å². The molecule has 5 rings (SSSR count). The molecule has 34 heavy (non-hydrogen) atoms. The van der Waals surface area contributed by atoms with E-state index in [2.05, 4.69) is 6.07 Å². The molecule has 3 aromatic carbocycles. The lowest BCUT2D eigenvalue weighted by molar-refractivity contribution is -0.142. The SMILES string of the molecule is COC(=O)COc1cccc2cccc(CC3c4ccccc4N(C(=O)C(N)=O)C3C3CC3)c12. The average Bonchev–Trinajstić information content (AvgIpc) is 3.64. The molecule has 2 aliphatic rings. The minimum Gasteiger partial charge on any atom is -0.481 e. The second-order valence-electron chi connectivity index (χ2n) is 8.87. The summed E-state index contributed by atoms with van der Waals surface area (Å²) in [6, 6.07) is 19.4. The second-order valence-corrected chi connectivity index (χ2v) is 8.87. The third kappa shape index (κ3) is 3.87. The fraction of sp³-hybridized carbons (Fsp3) is 0.296. The van der Waals surface area contributed by atoms with Crippen LogP contribution in [0, 0.1) is 5.92 Å². The Morgan fingerprint density at radius 3 is 2.44 bits per heavy atom. The first-order chi connectivity index (χ1) is 16.5. The molecule has 1 saturated carbocycles. The van der Waals surface area contributed by atoms with Gasteiger partial charge in [0, 0.05) is 23.0 Å². The normalized spacial score (nSPS) is 19.0. The van der Waals surface area contributed by atoms with Crippen molar-refractivity contribution in [2.75, 3.05) is 18.6 Å². The summed E-state index contributed by atoms with van der Waals surface area (Å²) in [4.78, 5) is 38.1. The number of esters is 1. The van der Waals surface area contributed by atoms with Gasteiger partial charge in [-0.05, 0) is 53.8 Å². The van der Waals surface area contributed by atoms with E-state index in [0.29, 0.717) is 18.1 Å². The van der Waals surface area contributed by atoms with Crippen LogP contribution in [0.3, 0.4) is 0 Å². The smallest absolute Gasteiger partial charge is 0.343 e. The van der Waals surface area contributed by atoms with Crippen LogP contribution in [0.2, 0.25) is 0 Å². The van der Waals surface area contributed by atoms with Crippen molar-refractivity contribution >= 4 is 34.2 Å². The van der Waals surface area contributed by atoms with E-state index in [4.69, 9.17) is 15.2 Å². The van der Waals surface area contributed by atoms with E-state index in [9.17, 15) is 14.4 Å². The lowest BCUT2D eigenvalue weighted by Gasteiger charge is -2.28. The molecule has 1 aliphatic carbocycles. The van der Waals surface area contributed by atoms with Crippen molar-refractivity contribution in [2.45, 2.75) is 31.2 Å². The Balaban J connectivity index is 1.57. The fourth-order valence-corrected chi connectivity index (χ4v) is 5.22. The highest BCUT2D eigenvalue weighted by molar-refractivity contribution is 6.40. The predicted molar refractivity (Wildman–Crippen MR) is 128 cm³/mol. The van der Waals surface area contributed by atoms with Crippen LogP contribution in [0.4, 0.5) is 5.69 Å². The number of rotatable bonds is 6. The first-order valence-electron chi connectivity index (χ1n) is 11.4. The number of para-hydroxylation sites is 1. The van der Waals surface area contributed by atoms with Gasteiger partial charge in [-0.25, -0.2) is 4.79 Å². The highest BCUT2D eigenvalue weighted by Crippen LogP contribution is 2.52. The number of hydrogen-bond donors (Lipinski definition) is 1. The second kappa shape index (κ2) is 8.82. The predicted octanol–water partition coefficient (Wildman–Crippen LogP) is 3.33. The first-order valence-corrected chi connectivity index (χ1v) is 11.4. The molecule has 1 fully saturated rings. The molecular formula is C27H26N2O5. The quantitative estimate of drug-likeness (QED) is 0.451. The number of nitrogens with two attached hydrogens (primary N) is 1. The molecule has 7 nitrogen and oxygen atoms in total. The number of benzene rings is 3. The maximum atomic E-state index is 12.9. The summed E-state index contributed by atoms with van der Waals surface area (Å²) >= 11 is 0. The van der Waals surface area contributed by atoms with Gasteiger partial charge in [0.15, 0.2) is 6.61 Å². The van der Waals surface area contributed by atoms with Gasteiger partial charge in [0.1, 0.15) is 5.75 Å². The molecule has 1 heterocycles. The number of methoxy groups -OCH3 is 1. The van der Waals surface area contributed by atoms with Crippen molar-refractivity contribution in [1.82, 2.24) is 0 Å². The number of ether oxygens (including phenoxy) is 2. The first kappa shape index (κ1) is 21.9. The molecule has 2 atom stereocenters. The Morgan fingerprint density at radius 1 is 1.00 bits per heavy atom. The van der Waals surface area contributed by atoms with E-state index in [0.717, 1.165) is 40.4 Å². The van der Waals surface area contributed by atoms with E-state index < -0.39 is 17.8 Å². The van der Waals surface area contributed by atoms with Crippen LogP contribution in [0.1, 0.15) is 29.9 Å². The van der Waals surface area contributed by atoms with Gasteiger partial charge in [-0.1, -0.05) is 48.5 Å². The third-order valence-corrected chi connectivity index (χ3v) is 6.81. The van der Waals surface area contributed by atoms with Crippen molar-refractivity contribution < 1.29 is 23.9 Å². The summed E-state index contributed by atoms with van der Waals surface area (Å²) < 4.78 is 10.5. The number of hydrogen-bond acceptors (Lipinski definition) is 5. The van der Waals surface area contributed by atoms with Gasteiger partial charge in [0.05, 0.1) is 7.11 Å². The molecule has 0 spiro atoms. The Morgan fingerprint density at radius 2 is 1.74 bits per heavy atom. The van der Waals surface area contributed by atoms with Crippen molar-refractivity contribution in [3.63, 3.8) is 0 Å². The number of fused-ring (bicyclic) bond motifs is 2. The molecule has 1 aliphatic heterocycles. The molecule has 174 valence electrons. The number of primary amides is 1. The molecule has 2 amide bonds. The van der Waals surface area contributed by atoms with Crippen LogP contribution in [-0.4, -0.2) is 37.5 Å². The van der Waals surface area contributed by atoms with E-state index in [-0.39, 0.29) is 18.6 Å². The van der Waals surface area contributed by atoms with Crippen LogP contribution in [0.25, 0.3) is 10.8 Å².